The third kappa shape index (κ3) is 5.68. The fourth-order valence-corrected chi connectivity index (χ4v) is 4.21. The Kier molecular flexibility index (Phi) is 8.28. The van der Waals surface area contributed by atoms with Gasteiger partial charge in [-0.05, 0) is 43.0 Å². The number of hydrogen-bond donors (Lipinski definition) is 0. The minimum Gasteiger partial charge on any atom is -0.496 e. The zero-order chi connectivity index (χ0) is 23.1. The van der Waals surface area contributed by atoms with Crippen LogP contribution in [-0.4, -0.2) is 28.9 Å². The topological polar surface area (TPSA) is 51.7 Å². The van der Waals surface area contributed by atoms with Gasteiger partial charge in [-0.15, -0.1) is 11.3 Å². The fourth-order valence-electron chi connectivity index (χ4n) is 3.52. The first-order chi connectivity index (χ1) is 15.4. The van der Waals surface area contributed by atoms with Crippen molar-refractivity contribution >= 4 is 17.2 Å². The molecule has 0 radical (unpaired) electrons. The lowest BCUT2D eigenvalue weighted by Gasteiger charge is -2.28. The van der Waals surface area contributed by atoms with Gasteiger partial charge in [0, 0.05) is 11.4 Å². The maximum absolute atomic E-state index is 13.3. The van der Waals surface area contributed by atoms with Crippen molar-refractivity contribution in [1.82, 2.24) is 9.88 Å². The molecule has 1 aromatic heterocycles. The van der Waals surface area contributed by atoms with E-state index in [1.165, 1.54) is 5.56 Å². The average Bonchev–Trinajstić information content (AvgIpc) is 3.27. The Hall–Kier alpha value is -2.86. The molecule has 3 aromatic rings. The standard InChI is InChI=1S/C26H32N2O3S/c1-6-19(4)28(26(29)22-12-8-9-13-23(22)30-5)15-20-17-32-25(27-20)16-31-24-14-10-7-11-21(24)18(2)3/h7-14,17-19H,6,15-16H2,1-5H3/t19-/m1/s1. The van der Waals surface area contributed by atoms with E-state index in [0.717, 1.165) is 22.9 Å². The van der Waals surface area contributed by atoms with Crippen molar-refractivity contribution in [2.75, 3.05) is 7.11 Å². The van der Waals surface area contributed by atoms with Crippen LogP contribution in [0.25, 0.3) is 0 Å². The van der Waals surface area contributed by atoms with Gasteiger partial charge in [-0.2, -0.15) is 0 Å². The number of thiazole rings is 1. The van der Waals surface area contributed by atoms with Crippen LogP contribution in [0.15, 0.2) is 53.9 Å². The summed E-state index contributed by atoms with van der Waals surface area (Å²) in [7, 11) is 1.59. The van der Waals surface area contributed by atoms with Crippen molar-refractivity contribution in [3.8, 4) is 11.5 Å². The van der Waals surface area contributed by atoms with Gasteiger partial charge >= 0.3 is 0 Å². The quantitative estimate of drug-likeness (QED) is 0.362. The molecule has 0 fully saturated rings. The van der Waals surface area contributed by atoms with Gasteiger partial charge < -0.3 is 14.4 Å². The van der Waals surface area contributed by atoms with Gasteiger partial charge in [0.2, 0.25) is 0 Å². The number of benzene rings is 2. The van der Waals surface area contributed by atoms with Crippen molar-refractivity contribution < 1.29 is 14.3 Å². The van der Waals surface area contributed by atoms with Crippen molar-refractivity contribution in [3.05, 3.63) is 75.7 Å². The summed E-state index contributed by atoms with van der Waals surface area (Å²) in [6.45, 7) is 9.33. The number of rotatable bonds is 10. The Balaban J connectivity index is 1.73. The van der Waals surface area contributed by atoms with Gasteiger partial charge in [0.05, 0.1) is 24.9 Å². The van der Waals surface area contributed by atoms with Crippen LogP contribution >= 0.6 is 11.3 Å². The van der Waals surface area contributed by atoms with Crippen LogP contribution in [-0.2, 0) is 13.2 Å². The molecule has 3 rings (SSSR count). The molecule has 5 nitrogen and oxygen atoms in total. The first kappa shape index (κ1) is 23.8. The van der Waals surface area contributed by atoms with E-state index in [1.807, 2.05) is 52.7 Å². The van der Waals surface area contributed by atoms with E-state index in [4.69, 9.17) is 14.5 Å². The molecule has 0 aliphatic heterocycles. The molecule has 0 saturated heterocycles. The molecule has 1 heterocycles. The second-order valence-electron chi connectivity index (χ2n) is 8.10. The van der Waals surface area contributed by atoms with E-state index in [1.54, 1.807) is 18.4 Å². The van der Waals surface area contributed by atoms with E-state index in [9.17, 15) is 4.79 Å². The lowest BCUT2D eigenvalue weighted by molar-refractivity contribution is 0.0665. The number of carbonyl (C=O) groups excluding carboxylic acids is 1. The predicted octanol–water partition coefficient (Wildman–Crippen LogP) is 6.30. The van der Waals surface area contributed by atoms with Gasteiger partial charge in [0.1, 0.15) is 23.1 Å². The van der Waals surface area contributed by atoms with Gasteiger partial charge in [-0.3, -0.25) is 4.79 Å². The Bertz CT molecular complexity index is 1030. The Morgan fingerprint density at radius 1 is 1.06 bits per heavy atom. The number of carbonyl (C=O) groups is 1. The monoisotopic (exact) mass is 452 g/mol. The van der Waals surface area contributed by atoms with Crippen LogP contribution in [0.3, 0.4) is 0 Å². The zero-order valence-corrected chi connectivity index (χ0v) is 20.3. The van der Waals surface area contributed by atoms with Crippen molar-refractivity contribution in [2.24, 2.45) is 0 Å². The molecular formula is C26H32N2O3S. The Morgan fingerprint density at radius 3 is 2.44 bits per heavy atom. The smallest absolute Gasteiger partial charge is 0.258 e. The van der Waals surface area contributed by atoms with E-state index < -0.39 is 0 Å². The number of amides is 1. The van der Waals surface area contributed by atoms with Crippen LogP contribution < -0.4 is 9.47 Å². The molecule has 0 aliphatic rings. The third-order valence-corrected chi connectivity index (χ3v) is 6.42. The van der Waals surface area contributed by atoms with Crippen molar-refractivity contribution in [1.29, 1.82) is 0 Å². The number of para-hydroxylation sites is 2. The highest BCUT2D eigenvalue weighted by Gasteiger charge is 2.24. The average molecular weight is 453 g/mol. The highest BCUT2D eigenvalue weighted by Crippen LogP contribution is 2.27. The molecule has 170 valence electrons. The first-order valence-electron chi connectivity index (χ1n) is 11.0. The summed E-state index contributed by atoms with van der Waals surface area (Å²) in [4.78, 5) is 20.0. The van der Waals surface area contributed by atoms with Gasteiger partial charge in [-0.25, -0.2) is 4.98 Å². The molecule has 0 N–H and O–H groups in total. The highest BCUT2D eigenvalue weighted by atomic mass is 32.1. The molecule has 32 heavy (non-hydrogen) atoms. The van der Waals surface area contributed by atoms with Crippen LogP contribution in [0.2, 0.25) is 0 Å². The summed E-state index contributed by atoms with van der Waals surface area (Å²) in [5.74, 6) is 1.82. The summed E-state index contributed by atoms with van der Waals surface area (Å²) < 4.78 is 11.5. The molecule has 1 amide bonds. The van der Waals surface area contributed by atoms with E-state index in [2.05, 4.69) is 33.8 Å². The van der Waals surface area contributed by atoms with Crippen molar-refractivity contribution in [3.63, 3.8) is 0 Å². The fraction of sp³-hybridized carbons (Fsp3) is 0.385. The number of hydrogen-bond acceptors (Lipinski definition) is 5. The molecule has 0 aliphatic carbocycles. The molecule has 1 atom stereocenters. The summed E-state index contributed by atoms with van der Waals surface area (Å²) in [5, 5.41) is 2.91. The van der Waals surface area contributed by atoms with Crippen molar-refractivity contribution in [2.45, 2.75) is 59.2 Å². The normalized spacial score (nSPS) is 11.9. The molecule has 0 saturated carbocycles. The summed E-state index contributed by atoms with van der Waals surface area (Å²) in [6.07, 6.45) is 0.854. The second-order valence-corrected chi connectivity index (χ2v) is 9.05. The molecule has 6 heteroatoms. The molecule has 0 spiro atoms. The molecule has 0 unspecified atom stereocenters. The lowest BCUT2D eigenvalue weighted by atomic mass is 10.0. The van der Waals surface area contributed by atoms with Crippen LogP contribution in [0, 0.1) is 0 Å². The van der Waals surface area contributed by atoms with Gasteiger partial charge in [0.15, 0.2) is 0 Å². The number of methoxy groups -OCH3 is 1. The van der Waals surface area contributed by atoms with Crippen LogP contribution in [0.1, 0.15) is 66.7 Å². The highest BCUT2D eigenvalue weighted by molar-refractivity contribution is 7.09. The number of nitrogens with zero attached hydrogens (tertiary/aromatic N) is 2. The Labute approximate surface area is 195 Å². The van der Waals surface area contributed by atoms with E-state index in [0.29, 0.717) is 30.4 Å². The van der Waals surface area contributed by atoms with Gasteiger partial charge in [0.25, 0.3) is 5.91 Å². The van der Waals surface area contributed by atoms with Crippen LogP contribution in [0.4, 0.5) is 0 Å². The molecule has 2 aromatic carbocycles. The Morgan fingerprint density at radius 2 is 1.75 bits per heavy atom. The first-order valence-corrected chi connectivity index (χ1v) is 11.9. The largest absolute Gasteiger partial charge is 0.496 e. The SMILES string of the molecule is CC[C@@H](C)N(Cc1csc(COc2ccccc2C(C)C)n1)C(=O)c1ccccc1OC. The minimum absolute atomic E-state index is 0.0477. The van der Waals surface area contributed by atoms with Crippen LogP contribution in [0.5, 0.6) is 11.5 Å². The number of ether oxygens (including phenoxy) is 2. The maximum atomic E-state index is 13.3. The molecule has 0 bridgehead atoms. The van der Waals surface area contributed by atoms with E-state index in [-0.39, 0.29) is 11.9 Å². The predicted molar refractivity (Wildman–Crippen MR) is 130 cm³/mol. The van der Waals surface area contributed by atoms with E-state index >= 15 is 0 Å². The van der Waals surface area contributed by atoms with Gasteiger partial charge in [-0.1, -0.05) is 51.1 Å². The second kappa shape index (κ2) is 11.1. The summed E-state index contributed by atoms with van der Waals surface area (Å²) in [6, 6.07) is 15.5. The maximum Gasteiger partial charge on any atom is 0.258 e. The summed E-state index contributed by atoms with van der Waals surface area (Å²) in [5.41, 5.74) is 2.63. The lowest BCUT2D eigenvalue weighted by Crippen LogP contribution is -2.38. The summed E-state index contributed by atoms with van der Waals surface area (Å²) >= 11 is 1.56. The zero-order valence-electron chi connectivity index (χ0n) is 19.5. The minimum atomic E-state index is -0.0477. The number of aromatic nitrogens is 1. The molecular weight excluding hydrogens is 420 g/mol. The third-order valence-electron chi connectivity index (χ3n) is 5.54.